The number of rotatable bonds is 6. The van der Waals surface area contributed by atoms with Crippen molar-refractivity contribution >= 4 is 29.4 Å². The Morgan fingerprint density at radius 1 is 1.03 bits per heavy atom. The molecule has 0 radical (unpaired) electrons. The number of ether oxygens (including phenoxy) is 1. The zero-order chi connectivity index (χ0) is 22.3. The van der Waals surface area contributed by atoms with E-state index in [0.29, 0.717) is 16.8 Å². The molecule has 1 amide bonds. The van der Waals surface area contributed by atoms with E-state index in [-0.39, 0.29) is 11.7 Å². The van der Waals surface area contributed by atoms with Crippen LogP contribution >= 0.6 is 0 Å². The molecule has 2 aromatic carbocycles. The third-order valence-corrected chi connectivity index (χ3v) is 4.22. The molecule has 0 heterocycles. The first-order chi connectivity index (χ1) is 14.1. The zero-order valence-electron chi connectivity index (χ0n) is 17.4. The normalized spacial score (nSPS) is 12.1. The van der Waals surface area contributed by atoms with Gasteiger partial charge >= 0.3 is 5.97 Å². The Balaban J connectivity index is 1.94. The molecule has 154 valence electrons. The van der Waals surface area contributed by atoms with Gasteiger partial charge in [-0.15, -0.1) is 0 Å². The average Bonchev–Trinajstić information content (AvgIpc) is 2.72. The highest BCUT2D eigenvalue weighted by molar-refractivity contribution is 6.01. The molecule has 0 unspecified atom stereocenters. The smallest absolute Gasteiger partial charge is 0.331 e. The fourth-order valence-electron chi connectivity index (χ4n) is 2.37. The van der Waals surface area contributed by atoms with E-state index in [1.807, 2.05) is 26.8 Å². The molecule has 0 aromatic heterocycles. The number of Topliss-reactive ketones (excluding diaryl/α,β-unsaturated/α-hetero) is 1. The Hall–Kier alpha value is -3.72. The lowest BCUT2D eigenvalue weighted by Crippen LogP contribution is -2.27. The number of nitrogens with one attached hydrogen (secondary N) is 1. The van der Waals surface area contributed by atoms with Crippen LogP contribution < -0.4 is 5.32 Å². The summed E-state index contributed by atoms with van der Waals surface area (Å²) in [6, 6.07) is 15.1. The van der Waals surface area contributed by atoms with E-state index in [1.54, 1.807) is 54.6 Å². The second kappa shape index (κ2) is 9.66. The topological polar surface area (TPSA) is 96.3 Å². The number of hydrogen-bond donors (Lipinski definition) is 1. The second-order valence-electron chi connectivity index (χ2n) is 7.79. The summed E-state index contributed by atoms with van der Waals surface area (Å²) in [5, 5.41) is 11.6. The number of esters is 1. The van der Waals surface area contributed by atoms with Crippen molar-refractivity contribution in [3.63, 3.8) is 0 Å². The van der Waals surface area contributed by atoms with Crippen LogP contribution in [0.2, 0.25) is 0 Å². The lowest BCUT2D eigenvalue weighted by Gasteiger charge is -2.18. The monoisotopic (exact) mass is 404 g/mol. The maximum Gasteiger partial charge on any atom is 0.331 e. The van der Waals surface area contributed by atoms with Gasteiger partial charge in [-0.1, -0.05) is 32.9 Å². The Morgan fingerprint density at radius 3 is 2.17 bits per heavy atom. The van der Waals surface area contributed by atoms with Crippen LogP contribution in [0.3, 0.4) is 0 Å². The van der Waals surface area contributed by atoms with Crippen molar-refractivity contribution in [1.82, 2.24) is 0 Å². The molecule has 0 spiro atoms. The predicted molar refractivity (Wildman–Crippen MR) is 115 cm³/mol. The maximum atomic E-state index is 12.5. The Kier molecular flexibility index (Phi) is 7.27. The molecular weight excluding hydrogens is 380 g/mol. The standard InChI is InChI=1S/C24H24N2O4/c1-16(30-21(27)14-9-17-5-7-18(15-25)8-6-17)22(28)19-10-12-20(13-11-19)26-23(29)24(2,3)4/h5-14,16H,1-4H3,(H,26,29)/b14-9+/t16-/m1/s1. The van der Waals surface area contributed by atoms with Crippen molar-refractivity contribution in [3.05, 3.63) is 71.3 Å². The predicted octanol–water partition coefficient (Wildman–Crippen LogP) is 4.37. The van der Waals surface area contributed by atoms with Gasteiger partial charge in [-0.2, -0.15) is 5.26 Å². The van der Waals surface area contributed by atoms with Crippen molar-refractivity contribution in [1.29, 1.82) is 5.26 Å². The summed E-state index contributed by atoms with van der Waals surface area (Å²) in [5.41, 5.74) is 1.69. The molecule has 2 rings (SSSR count). The number of nitriles is 1. The third kappa shape index (κ3) is 6.42. The molecule has 0 fully saturated rings. The molecule has 1 atom stereocenters. The molecule has 0 bridgehead atoms. The van der Waals surface area contributed by atoms with Gasteiger partial charge < -0.3 is 10.1 Å². The maximum absolute atomic E-state index is 12.5. The van der Waals surface area contributed by atoms with Crippen molar-refractivity contribution < 1.29 is 19.1 Å². The fraction of sp³-hybridized carbons (Fsp3) is 0.250. The average molecular weight is 404 g/mol. The highest BCUT2D eigenvalue weighted by Gasteiger charge is 2.22. The molecule has 6 nitrogen and oxygen atoms in total. The summed E-state index contributed by atoms with van der Waals surface area (Å²) < 4.78 is 5.18. The number of hydrogen-bond acceptors (Lipinski definition) is 5. The zero-order valence-corrected chi connectivity index (χ0v) is 17.4. The van der Waals surface area contributed by atoms with Crippen molar-refractivity contribution in [2.45, 2.75) is 33.8 Å². The van der Waals surface area contributed by atoms with Crippen LogP contribution in [0.1, 0.15) is 49.2 Å². The van der Waals surface area contributed by atoms with Gasteiger partial charge in [-0.3, -0.25) is 9.59 Å². The van der Waals surface area contributed by atoms with Gasteiger partial charge in [-0.05, 0) is 55.0 Å². The van der Waals surface area contributed by atoms with Crippen LogP contribution in [-0.2, 0) is 14.3 Å². The Labute approximate surface area is 176 Å². The van der Waals surface area contributed by atoms with Crippen LogP contribution in [0, 0.1) is 16.7 Å². The number of ketones is 1. The lowest BCUT2D eigenvalue weighted by atomic mass is 9.95. The quantitative estimate of drug-likeness (QED) is 0.438. The van der Waals surface area contributed by atoms with E-state index in [4.69, 9.17) is 10.00 Å². The molecule has 0 saturated carbocycles. The largest absolute Gasteiger partial charge is 0.451 e. The van der Waals surface area contributed by atoms with Crippen molar-refractivity contribution in [2.75, 3.05) is 5.32 Å². The highest BCUT2D eigenvalue weighted by atomic mass is 16.5. The number of nitrogens with zero attached hydrogens (tertiary/aromatic N) is 1. The molecule has 6 heteroatoms. The molecule has 0 saturated heterocycles. The van der Waals surface area contributed by atoms with Gasteiger partial charge in [-0.25, -0.2) is 4.79 Å². The summed E-state index contributed by atoms with van der Waals surface area (Å²) in [6.07, 6.45) is 1.82. The van der Waals surface area contributed by atoms with Gasteiger partial charge in [0.25, 0.3) is 0 Å². The van der Waals surface area contributed by atoms with Crippen molar-refractivity contribution in [2.24, 2.45) is 5.41 Å². The molecule has 1 N–H and O–H groups in total. The first kappa shape index (κ1) is 22.6. The van der Waals surface area contributed by atoms with Crippen molar-refractivity contribution in [3.8, 4) is 6.07 Å². The van der Waals surface area contributed by atoms with E-state index >= 15 is 0 Å². The summed E-state index contributed by atoms with van der Waals surface area (Å²) in [7, 11) is 0. The molecule has 30 heavy (non-hydrogen) atoms. The summed E-state index contributed by atoms with van der Waals surface area (Å²) in [4.78, 5) is 36.5. The van der Waals surface area contributed by atoms with E-state index in [1.165, 1.54) is 13.0 Å². The second-order valence-corrected chi connectivity index (χ2v) is 7.79. The van der Waals surface area contributed by atoms with Gasteiger partial charge in [0.2, 0.25) is 11.7 Å². The molecular formula is C24H24N2O4. The summed E-state index contributed by atoms with van der Waals surface area (Å²) >= 11 is 0. The van der Waals surface area contributed by atoms with Crippen LogP contribution in [0.4, 0.5) is 5.69 Å². The van der Waals surface area contributed by atoms with Gasteiger partial charge in [0.1, 0.15) is 0 Å². The molecule has 0 aliphatic carbocycles. The number of benzene rings is 2. The summed E-state index contributed by atoms with van der Waals surface area (Å²) in [5.74, 6) is -1.11. The number of anilines is 1. The van der Waals surface area contributed by atoms with E-state index in [2.05, 4.69) is 5.32 Å². The van der Waals surface area contributed by atoms with Crippen LogP contribution in [-0.4, -0.2) is 23.8 Å². The van der Waals surface area contributed by atoms with E-state index < -0.39 is 17.5 Å². The third-order valence-electron chi connectivity index (χ3n) is 4.22. The van der Waals surface area contributed by atoms with Gasteiger partial charge in [0.15, 0.2) is 6.10 Å². The number of carbonyl (C=O) groups is 3. The minimum Gasteiger partial charge on any atom is -0.451 e. The van der Waals surface area contributed by atoms with Gasteiger partial charge in [0.05, 0.1) is 11.6 Å². The Bertz CT molecular complexity index is 991. The minimum atomic E-state index is -0.960. The molecule has 2 aromatic rings. The van der Waals surface area contributed by atoms with E-state index in [9.17, 15) is 14.4 Å². The van der Waals surface area contributed by atoms with Gasteiger partial charge in [0, 0.05) is 22.7 Å². The number of amides is 1. The lowest BCUT2D eigenvalue weighted by molar-refractivity contribution is -0.140. The SMILES string of the molecule is C[C@@H](OC(=O)/C=C/c1ccc(C#N)cc1)C(=O)c1ccc(NC(=O)C(C)(C)C)cc1. The first-order valence-electron chi connectivity index (χ1n) is 9.45. The fourth-order valence-corrected chi connectivity index (χ4v) is 2.37. The first-order valence-corrected chi connectivity index (χ1v) is 9.45. The number of carbonyl (C=O) groups excluding carboxylic acids is 3. The van der Waals surface area contributed by atoms with Crippen LogP contribution in [0.15, 0.2) is 54.6 Å². The van der Waals surface area contributed by atoms with E-state index in [0.717, 1.165) is 5.56 Å². The molecule has 0 aliphatic rings. The summed E-state index contributed by atoms with van der Waals surface area (Å²) in [6.45, 7) is 6.94. The van der Waals surface area contributed by atoms with Crippen LogP contribution in [0.5, 0.6) is 0 Å². The van der Waals surface area contributed by atoms with Crippen LogP contribution in [0.25, 0.3) is 6.08 Å². The highest BCUT2D eigenvalue weighted by Crippen LogP contribution is 2.18. The molecule has 0 aliphatic heterocycles. The minimum absolute atomic E-state index is 0.127. The Morgan fingerprint density at radius 2 is 1.63 bits per heavy atom.